The average Bonchev–Trinajstić information content (AvgIpc) is 2.29. The number of para-hydroxylation sites is 1. The standard InChI is InChI=1S/C12H18N2.ClH/c1-2-4-12(5-3-1)14-10-11-6-8-13-9-7-11;/h1-5,11,13-14H,6-10H2;1H. The summed E-state index contributed by atoms with van der Waals surface area (Å²) in [6.45, 7) is 3.48. The van der Waals surface area contributed by atoms with Gasteiger partial charge in [-0.15, -0.1) is 12.4 Å². The minimum absolute atomic E-state index is 0. The van der Waals surface area contributed by atoms with Gasteiger partial charge in [0.05, 0.1) is 0 Å². The van der Waals surface area contributed by atoms with Gasteiger partial charge in [0.25, 0.3) is 0 Å². The molecule has 0 aliphatic carbocycles. The maximum absolute atomic E-state index is 3.49. The van der Waals surface area contributed by atoms with Gasteiger partial charge in [0, 0.05) is 12.2 Å². The highest BCUT2D eigenvalue weighted by molar-refractivity contribution is 5.85. The second-order valence-corrected chi connectivity index (χ2v) is 3.94. The van der Waals surface area contributed by atoms with E-state index in [-0.39, 0.29) is 12.4 Å². The molecule has 1 aromatic carbocycles. The molecule has 1 aliphatic heterocycles. The van der Waals surface area contributed by atoms with Crippen LogP contribution >= 0.6 is 12.4 Å². The Bertz CT molecular complexity index is 258. The van der Waals surface area contributed by atoms with E-state index >= 15 is 0 Å². The molecular formula is C12H19ClN2. The van der Waals surface area contributed by atoms with E-state index in [9.17, 15) is 0 Å². The summed E-state index contributed by atoms with van der Waals surface area (Å²) in [6, 6.07) is 10.5. The van der Waals surface area contributed by atoms with Crippen molar-refractivity contribution in [3.8, 4) is 0 Å². The fourth-order valence-electron chi connectivity index (χ4n) is 1.90. The SMILES string of the molecule is Cl.c1ccc(NCC2CCNCC2)cc1. The Morgan fingerprint density at radius 3 is 2.47 bits per heavy atom. The molecule has 0 aromatic heterocycles. The van der Waals surface area contributed by atoms with Crippen LogP contribution in [0.4, 0.5) is 5.69 Å². The smallest absolute Gasteiger partial charge is 0.0340 e. The largest absolute Gasteiger partial charge is 0.385 e. The molecule has 1 fully saturated rings. The zero-order valence-electron chi connectivity index (χ0n) is 8.91. The van der Waals surface area contributed by atoms with E-state index in [1.807, 2.05) is 0 Å². The highest BCUT2D eigenvalue weighted by Crippen LogP contribution is 2.13. The second kappa shape index (κ2) is 6.70. The van der Waals surface area contributed by atoms with Gasteiger partial charge < -0.3 is 10.6 Å². The lowest BCUT2D eigenvalue weighted by molar-refractivity contribution is 0.390. The molecule has 84 valence electrons. The molecule has 0 saturated carbocycles. The van der Waals surface area contributed by atoms with Crippen molar-refractivity contribution in [2.75, 3.05) is 25.0 Å². The van der Waals surface area contributed by atoms with Gasteiger partial charge in [0.1, 0.15) is 0 Å². The second-order valence-electron chi connectivity index (χ2n) is 3.94. The minimum Gasteiger partial charge on any atom is -0.385 e. The number of anilines is 1. The van der Waals surface area contributed by atoms with Crippen LogP contribution in [0.15, 0.2) is 30.3 Å². The number of hydrogen-bond donors (Lipinski definition) is 2. The van der Waals surface area contributed by atoms with Crippen LogP contribution in [0.3, 0.4) is 0 Å². The fourth-order valence-corrected chi connectivity index (χ4v) is 1.90. The molecular weight excluding hydrogens is 208 g/mol. The molecule has 1 saturated heterocycles. The predicted molar refractivity (Wildman–Crippen MR) is 67.8 cm³/mol. The third kappa shape index (κ3) is 4.10. The van der Waals surface area contributed by atoms with Crippen LogP contribution in [-0.2, 0) is 0 Å². The van der Waals surface area contributed by atoms with Crippen LogP contribution in [0.2, 0.25) is 0 Å². The Morgan fingerprint density at radius 1 is 1.13 bits per heavy atom. The normalized spacial score (nSPS) is 16.8. The first-order valence-electron chi connectivity index (χ1n) is 5.45. The number of nitrogens with one attached hydrogen (secondary N) is 2. The highest BCUT2D eigenvalue weighted by atomic mass is 35.5. The molecule has 15 heavy (non-hydrogen) atoms. The average molecular weight is 227 g/mol. The molecule has 0 radical (unpaired) electrons. The zero-order chi connectivity index (χ0) is 9.64. The van der Waals surface area contributed by atoms with E-state index in [2.05, 4.69) is 41.0 Å². The number of halogens is 1. The highest BCUT2D eigenvalue weighted by Gasteiger charge is 2.11. The van der Waals surface area contributed by atoms with Crippen LogP contribution in [0.1, 0.15) is 12.8 Å². The maximum Gasteiger partial charge on any atom is 0.0340 e. The molecule has 3 heteroatoms. The first kappa shape index (κ1) is 12.3. The van der Waals surface area contributed by atoms with Gasteiger partial charge in [-0.3, -0.25) is 0 Å². The Labute approximate surface area is 97.9 Å². The Morgan fingerprint density at radius 2 is 1.80 bits per heavy atom. The zero-order valence-corrected chi connectivity index (χ0v) is 9.72. The summed E-state index contributed by atoms with van der Waals surface area (Å²) in [5.41, 5.74) is 1.24. The van der Waals surface area contributed by atoms with E-state index in [1.54, 1.807) is 0 Å². The van der Waals surface area contributed by atoms with Crippen molar-refractivity contribution in [1.29, 1.82) is 0 Å². The van der Waals surface area contributed by atoms with Crippen LogP contribution in [0.5, 0.6) is 0 Å². The monoisotopic (exact) mass is 226 g/mol. The first-order chi connectivity index (χ1) is 6.95. The topological polar surface area (TPSA) is 24.1 Å². The summed E-state index contributed by atoms with van der Waals surface area (Å²) >= 11 is 0. The van der Waals surface area contributed by atoms with Gasteiger partial charge in [0.2, 0.25) is 0 Å². The van der Waals surface area contributed by atoms with Crippen molar-refractivity contribution in [3.05, 3.63) is 30.3 Å². The van der Waals surface area contributed by atoms with Gasteiger partial charge in [-0.25, -0.2) is 0 Å². The number of rotatable bonds is 3. The summed E-state index contributed by atoms with van der Waals surface area (Å²) in [7, 11) is 0. The van der Waals surface area contributed by atoms with Crippen molar-refractivity contribution in [1.82, 2.24) is 5.32 Å². The number of piperidine rings is 1. The summed E-state index contributed by atoms with van der Waals surface area (Å²) in [5.74, 6) is 0.844. The number of hydrogen-bond acceptors (Lipinski definition) is 2. The molecule has 1 aromatic rings. The van der Waals surface area contributed by atoms with E-state index in [0.29, 0.717) is 0 Å². The van der Waals surface area contributed by atoms with Crippen molar-refractivity contribution < 1.29 is 0 Å². The van der Waals surface area contributed by atoms with Crippen molar-refractivity contribution >= 4 is 18.1 Å². The molecule has 0 bridgehead atoms. The third-order valence-electron chi connectivity index (χ3n) is 2.83. The molecule has 2 nitrogen and oxygen atoms in total. The van der Waals surface area contributed by atoms with Gasteiger partial charge in [0.15, 0.2) is 0 Å². The first-order valence-corrected chi connectivity index (χ1v) is 5.45. The maximum atomic E-state index is 3.49. The van der Waals surface area contributed by atoms with Crippen LogP contribution < -0.4 is 10.6 Å². The van der Waals surface area contributed by atoms with Gasteiger partial charge in [-0.2, -0.15) is 0 Å². The summed E-state index contributed by atoms with van der Waals surface area (Å²) in [6.07, 6.45) is 2.61. The number of benzene rings is 1. The molecule has 2 N–H and O–H groups in total. The van der Waals surface area contributed by atoms with Gasteiger partial charge >= 0.3 is 0 Å². The van der Waals surface area contributed by atoms with E-state index < -0.39 is 0 Å². The Balaban J connectivity index is 0.00000112. The van der Waals surface area contributed by atoms with Crippen LogP contribution in [0, 0.1) is 5.92 Å². The lowest BCUT2D eigenvalue weighted by Gasteiger charge is -2.23. The Hall–Kier alpha value is -0.730. The summed E-state index contributed by atoms with van der Waals surface area (Å²) in [5, 5.41) is 6.87. The van der Waals surface area contributed by atoms with Gasteiger partial charge in [-0.1, -0.05) is 18.2 Å². The summed E-state index contributed by atoms with van der Waals surface area (Å²) in [4.78, 5) is 0. The third-order valence-corrected chi connectivity index (χ3v) is 2.83. The van der Waals surface area contributed by atoms with Crippen LogP contribution in [0.25, 0.3) is 0 Å². The van der Waals surface area contributed by atoms with E-state index in [1.165, 1.54) is 31.6 Å². The lowest BCUT2D eigenvalue weighted by atomic mass is 9.98. The molecule has 1 aliphatic rings. The van der Waals surface area contributed by atoms with Crippen molar-refractivity contribution in [2.24, 2.45) is 5.92 Å². The quantitative estimate of drug-likeness (QED) is 0.828. The lowest BCUT2D eigenvalue weighted by Crippen LogP contribution is -2.31. The van der Waals surface area contributed by atoms with Gasteiger partial charge in [-0.05, 0) is 44.0 Å². The van der Waals surface area contributed by atoms with E-state index in [0.717, 1.165) is 12.5 Å². The summed E-state index contributed by atoms with van der Waals surface area (Å²) < 4.78 is 0. The van der Waals surface area contributed by atoms with Crippen molar-refractivity contribution in [2.45, 2.75) is 12.8 Å². The minimum atomic E-state index is 0. The molecule has 2 rings (SSSR count). The Kier molecular flexibility index (Phi) is 5.51. The molecule has 1 heterocycles. The van der Waals surface area contributed by atoms with E-state index in [4.69, 9.17) is 0 Å². The van der Waals surface area contributed by atoms with Crippen molar-refractivity contribution in [3.63, 3.8) is 0 Å². The molecule has 0 amide bonds. The van der Waals surface area contributed by atoms with Crippen LogP contribution in [-0.4, -0.2) is 19.6 Å². The molecule has 0 spiro atoms. The molecule has 0 unspecified atom stereocenters. The molecule has 0 atom stereocenters. The fraction of sp³-hybridized carbons (Fsp3) is 0.500. The predicted octanol–water partition coefficient (Wildman–Crippen LogP) is 2.52.